The molecular weight excluding hydrogens is 368 g/mol. The van der Waals surface area contributed by atoms with Crippen LogP contribution in [0.15, 0.2) is 35.4 Å². The van der Waals surface area contributed by atoms with Crippen molar-refractivity contribution in [2.24, 2.45) is 5.10 Å². The summed E-state index contributed by atoms with van der Waals surface area (Å²) in [6.45, 7) is 8.13. The van der Waals surface area contributed by atoms with Crippen molar-refractivity contribution in [3.63, 3.8) is 0 Å². The number of carbonyl (C=O) groups is 2. The maximum atomic E-state index is 12.5. The van der Waals surface area contributed by atoms with Crippen molar-refractivity contribution in [1.82, 2.24) is 15.2 Å². The lowest BCUT2D eigenvalue weighted by atomic mass is 10.1. The van der Waals surface area contributed by atoms with E-state index in [2.05, 4.69) is 17.3 Å². The van der Waals surface area contributed by atoms with E-state index < -0.39 is 11.7 Å². The number of amides is 3. The molecule has 1 aromatic rings. The predicted molar refractivity (Wildman–Crippen MR) is 117 cm³/mol. The van der Waals surface area contributed by atoms with Crippen LogP contribution in [0.4, 0.5) is 9.59 Å². The number of alkyl carbamates (subject to hydrolysis) is 1. The number of ether oxygens (including phenoxy) is 1. The fourth-order valence-electron chi connectivity index (χ4n) is 2.58. The molecule has 0 heterocycles. The van der Waals surface area contributed by atoms with Crippen LogP contribution in [0.25, 0.3) is 0 Å². The standard InChI is InChI=1S/C22H36N4O3/c1-7-8-14-19(24-20(27)29-22(2,3)4)17-23-26(6)21(28)25(5)16-15-18-12-10-9-11-13-18/h9-13,17,19H,7-8,14-16H2,1-6H3,(H,24,27)/b23-17+/t19-/m0/s1. The minimum Gasteiger partial charge on any atom is -0.444 e. The smallest absolute Gasteiger partial charge is 0.408 e. The number of urea groups is 1. The van der Waals surface area contributed by atoms with E-state index in [4.69, 9.17) is 4.74 Å². The Hall–Kier alpha value is -2.57. The maximum Gasteiger partial charge on any atom is 0.408 e. The first-order chi connectivity index (χ1) is 13.6. The number of carbonyl (C=O) groups excluding carboxylic acids is 2. The molecule has 0 aliphatic rings. The minimum atomic E-state index is -0.565. The molecule has 0 aliphatic heterocycles. The zero-order chi connectivity index (χ0) is 21.9. The largest absolute Gasteiger partial charge is 0.444 e. The zero-order valence-corrected chi connectivity index (χ0v) is 18.6. The first-order valence-electron chi connectivity index (χ1n) is 10.2. The monoisotopic (exact) mass is 404 g/mol. The fourth-order valence-corrected chi connectivity index (χ4v) is 2.58. The molecule has 0 saturated heterocycles. The molecule has 162 valence electrons. The molecule has 0 radical (unpaired) electrons. The summed E-state index contributed by atoms with van der Waals surface area (Å²) in [6, 6.07) is 9.53. The van der Waals surface area contributed by atoms with Crippen molar-refractivity contribution in [2.45, 2.75) is 65.0 Å². The molecule has 7 nitrogen and oxygen atoms in total. The Kier molecular flexibility index (Phi) is 10.2. The van der Waals surface area contributed by atoms with E-state index in [0.29, 0.717) is 6.54 Å². The molecule has 7 heteroatoms. The van der Waals surface area contributed by atoms with Crippen molar-refractivity contribution >= 4 is 18.3 Å². The summed E-state index contributed by atoms with van der Waals surface area (Å²) in [5.74, 6) is 0. The SMILES string of the molecule is CCCC[C@@H](/C=N/N(C)C(=O)N(C)CCc1ccccc1)NC(=O)OC(C)(C)C. The van der Waals surface area contributed by atoms with Crippen molar-refractivity contribution in [2.75, 3.05) is 20.6 Å². The molecule has 0 unspecified atom stereocenters. The van der Waals surface area contributed by atoms with Gasteiger partial charge in [-0.15, -0.1) is 0 Å². The highest BCUT2D eigenvalue weighted by molar-refractivity contribution is 5.78. The summed E-state index contributed by atoms with van der Waals surface area (Å²) < 4.78 is 5.31. The van der Waals surface area contributed by atoms with Crippen LogP contribution in [0, 0.1) is 0 Å². The Morgan fingerprint density at radius 2 is 1.86 bits per heavy atom. The van der Waals surface area contributed by atoms with Gasteiger partial charge in [-0.05, 0) is 39.2 Å². The highest BCUT2D eigenvalue weighted by atomic mass is 16.6. The quantitative estimate of drug-likeness (QED) is 0.493. The highest BCUT2D eigenvalue weighted by Gasteiger charge is 2.19. The van der Waals surface area contributed by atoms with Gasteiger partial charge in [0.25, 0.3) is 0 Å². The maximum absolute atomic E-state index is 12.5. The van der Waals surface area contributed by atoms with E-state index in [9.17, 15) is 9.59 Å². The van der Waals surface area contributed by atoms with Crippen LogP contribution >= 0.6 is 0 Å². The molecule has 1 atom stereocenters. The van der Waals surface area contributed by atoms with Gasteiger partial charge in [-0.1, -0.05) is 50.1 Å². The first kappa shape index (κ1) is 24.5. The summed E-state index contributed by atoms with van der Waals surface area (Å²) in [5.41, 5.74) is 0.615. The third kappa shape index (κ3) is 10.5. The number of hydrogen-bond acceptors (Lipinski definition) is 4. The number of likely N-dealkylation sites (N-methyl/N-ethyl adjacent to an activating group) is 1. The van der Waals surface area contributed by atoms with E-state index in [-0.39, 0.29) is 12.1 Å². The van der Waals surface area contributed by atoms with Gasteiger partial charge in [0.2, 0.25) is 0 Å². The highest BCUT2D eigenvalue weighted by Crippen LogP contribution is 2.08. The van der Waals surface area contributed by atoms with Crippen LogP contribution in [0.5, 0.6) is 0 Å². The fraction of sp³-hybridized carbons (Fsp3) is 0.591. The average Bonchev–Trinajstić information content (AvgIpc) is 2.66. The number of unbranched alkanes of at least 4 members (excludes halogenated alkanes) is 1. The Morgan fingerprint density at radius 1 is 1.21 bits per heavy atom. The van der Waals surface area contributed by atoms with Crippen LogP contribution in [0.3, 0.4) is 0 Å². The molecule has 1 rings (SSSR count). The second-order valence-electron chi connectivity index (χ2n) is 8.12. The Labute approximate surface area is 175 Å². The lowest BCUT2D eigenvalue weighted by Gasteiger charge is -2.23. The van der Waals surface area contributed by atoms with E-state index in [0.717, 1.165) is 25.7 Å². The van der Waals surface area contributed by atoms with Gasteiger partial charge in [0.15, 0.2) is 0 Å². The molecule has 29 heavy (non-hydrogen) atoms. The minimum absolute atomic E-state index is 0.205. The molecule has 3 amide bonds. The van der Waals surface area contributed by atoms with E-state index >= 15 is 0 Å². The van der Waals surface area contributed by atoms with Gasteiger partial charge in [0.1, 0.15) is 5.60 Å². The van der Waals surface area contributed by atoms with Crippen molar-refractivity contribution in [1.29, 1.82) is 0 Å². The molecule has 0 spiro atoms. The lowest BCUT2D eigenvalue weighted by Crippen LogP contribution is -2.41. The summed E-state index contributed by atoms with van der Waals surface area (Å²) in [7, 11) is 3.37. The van der Waals surface area contributed by atoms with Crippen molar-refractivity contribution < 1.29 is 14.3 Å². The molecular formula is C22H36N4O3. The van der Waals surface area contributed by atoms with Crippen LogP contribution in [-0.2, 0) is 11.2 Å². The number of rotatable bonds is 9. The average molecular weight is 405 g/mol. The van der Waals surface area contributed by atoms with E-state index in [1.807, 2.05) is 51.1 Å². The Morgan fingerprint density at radius 3 is 2.45 bits per heavy atom. The normalized spacial score (nSPS) is 12.5. The number of hydrazone groups is 1. The molecule has 0 saturated carbocycles. The van der Waals surface area contributed by atoms with Gasteiger partial charge in [0.05, 0.1) is 6.04 Å². The van der Waals surface area contributed by atoms with Crippen molar-refractivity contribution in [3.8, 4) is 0 Å². The van der Waals surface area contributed by atoms with Gasteiger partial charge < -0.3 is 15.0 Å². The van der Waals surface area contributed by atoms with E-state index in [1.165, 1.54) is 10.6 Å². The van der Waals surface area contributed by atoms with Crippen LogP contribution in [0.2, 0.25) is 0 Å². The second-order valence-corrected chi connectivity index (χ2v) is 8.12. The molecule has 0 fully saturated rings. The molecule has 0 aromatic heterocycles. The third-order valence-electron chi connectivity index (χ3n) is 4.17. The van der Waals surface area contributed by atoms with Gasteiger partial charge in [-0.3, -0.25) is 0 Å². The summed E-state index contributed by atoms with van der Waals surface area (Å²) in [6.07, 6.45) is 4.55. The van der Waals surface area contributed by atoms with Gasteiger partial charge in [0, 0.05) is 26.9 Å². The second kappa shape index (κ2) is 12.1. The molecule has 1 N–H and O–H groups in total. The topological polar surface area (TPSA) is 74.2 Å². The molecule has 1 aromatic carbocycles. The van der Waals surface area contributed by atoms with Crippen LogP contribution in [0.1, 0.15) is 52.5 Å². The van der Waals surface area contributed by atoms with Gasteiger partial charge in [-0.2, -0.15) is 5.10 Å². The number of benzene rings is 1. The first-order valence-corrected chi connectivity index (χ1v) is 10.2. The number of hydrogen-bond donors (Lipinski definition) is 1. The number of nitrogens with zero attached hydrogens (tertiary/aromatic N) is 3. The Bertz CT molecular complexity index is 656. The predicted octanol–water partition coefficient (Wildman–Crippen LogP) is 4.28. The van der Waals surface area contributed by atoms with E-state index in [1.54, 1.807) is 25.2 Å². The Balaban J connectivity index is 2.60. The number of nitrogens with one attached hydrogen (secondary N) is 1. The van der Waals surface area contributed by atoms with Crippen LogP contribution in [-0.4, -0.2) is 60.5 Å². The molecule has 0 aliphatic carbocycles. The van der Waals surface area contributed by atoms with Gasteiger partial charge in [-0.25, -0.2) is 14.6 Å². The van der Waals surface area contributed by atoms with Crippen LogP contribution < -0.4 is 5.32 Å². The van der Waals surface area contributed by atoms with Gasteiger partial charge >= 0.3 is 12.1 Å². The summed E-state index contributed by atoms with van der Waals surface area (Å²) in [5, 5.41) is 8.36. The summed E-state index contributed by atoms with van der Waals surface area (Å²) >= 11 is 0. The lowest BCUT2D eigenvalue weighted by molar-refractivity contribution is 0.0516. The summed E-state index contributed by atoms with van der Waals surface area (Å²) in [4.78, 5) is 26.2. The third-order valence-corrected chi connectivity index (χ3v) is 4.17. The molecule has 0 bridgehead atoms. The zero-order valence-electron chi connectivity index (χ0n) is 18.6. The van der Waals surface area contributed by atoms with Crippen molar-refractivity contribution in [3.05, 3.63) is 35.9 Å².